The lowest BCUT2D eigenvalue weighted by Gasteiger charge is -2.27. The van der Waals surface area contributed by atoms with Crippen molar-refractivity contribution in [2.75, 3.05) is 0 Å². The Hall–Kier alpha value is -5.86. The number of hydrogen-bond donors (Lipinski definition) is 1. The van der Waals surface area contributed by atoms with Crippen molar-refractivity contribution in [2.45, 2.75) is 6.04 Å². The largest absolute Gasteiger partial charge is 0.357 e. The summed E-state index contributed by atoms with van der Waals surface area (Å²) in [6.07, 6.45) is 8.07. The minimum Gasteiger partial charge on any atom is -0.357 e. The molecule has 1 aliphatic carbocycles. The van der Waals surface area contributed by atoms with E-state index >= 15 is 0 Å². The van der Waals surface area contributed by atoms with Crippen LogP contribution in [-0.4, -0.2) is 20.7 Å². The highest BCUT2D eigenvalue weighted by Gasteiger charge is 2.29. The second-order valence-corrected chi connectivity index (χ2v) is 11.1. The van der Waals surface area contributed by atoms with Gasteiger partial charge in [0.1, 0.15) is 11.9 Å². The molecule has 1 aliphatic heterocycles. The molecule has 5 heteroatoms. The van der Waals surface area contributed by atoms with Crippen LogP contribution in [0, 0.1) is 11.3 Å². The summed E-state index contributed by atoms with van der Waals surface area (Å²) in [5.41, 5.74) is 6.96. The third-order valence-electron chi connectivity index (χ3n) is 9.08. The van der Waals surface area contributed by atoms with Crippen LogP contribution in [-0.2, 0) is 0 Å². The van der Waals surface area contributed by atoms with E-state index in [2.05, 4.69) is 117 Å². The van der Waals surface area contributed by atoms with E-state index in [-0.39, 0.29) is 6.04 Å². The van der Waals surface area contributed by atoms with Gasteiger partial charge < -0.3 is 9.72 Å². The van der Waals surface area contributed by atoms with Crippen LogP contribution < -0.4 is 5.32 Å². The van der Waals surface area contributed by atoms with Gasteiger partial charge in [-0.15, -0.1) is 0 Å². The summed E-state index contributed by atoms with van der Waals surface area (Å²) in [4.78, 5) is 4.84. The lowest BCUT2D eigenvalue weighted by molar-refractivity contribution is 0.824. The van der Waals surface area contributed by atoms with E-state index in [1.165, 1.54) is 48.9 Å². The summed E-state index contributed by atoms with van der Waals surface area (Å²) in [5.74, 6) is 0.712. The lowest BCUT2D eigenvalue weighted by atomic mass is 9.99. The van der Waals surface area contributed by atoms with Crippen molar-refractivity contribution in [1.29, 1.82) is 5.26 Å². The molecule has 5 nitrogen and oxygen atoms in total. The van der Waals surface area contributed by atoms with Crippen molar-refractivity contribution in [1.82, 2.24) is 14.3 Å². The number of aliphatic imine (C=N–C) groups is 1. The number of nitrogens with one attached hydrogen (secondary N) is 1. The number of benzene rings is 5. The fourth-order valence-corrected chi connectivity index (χ4v) is 7.41. The van der Waals surface area contributed by atoms with Crippen molar-refractivity contribution in [3.8, 4) is 6.07 Å². The topological polar surface area (TPSA) is 57.5 Å². The number of hydrogen-bond acceptors (Lipinski definition) is 3. The minimum absolute atomic E-state index is 0.102. The van der Waals surface area contributed by atoms with Crippen LogP contribution in [0.4, 0.5) is 0 Å². The second-order valence-electron chi connectivity index (χ2n) is 11.1. The van der Waals surface area contributed by atoms with Crippen LogP contribution >= 0.6 is 0 Å². The Balaban J connectivity index is 1.52. The average molecular weight is 536 g/mol. The van der Waals surface area contributed by atoms with Gasteiger partial charge in [-0.3, -0.25) is 4.57 Å². The maximum absolute atomic E-state index is 10.4. The molecule has 0 saturated carbocycles. The van der Waals surface area contributed by atoms with E-state index in [4.69, 9.17) is 4.99 Å². The van der Waals surface area contributed by atoms with Crippen molar-refractivity contribution in [3.05, 3.63) is 121 Å². The SMILES string of the molecule is N#CC1=C(n2c3ccccc3c3cc4c5ccccc5n5c6ccc7ccccc7c6c(c32)c45)NC2C=CC=CC2=N1. The molecule has 0 saturated heterocycles. The standard InChI is InChI=1S/C37H21N5/c38-20-29-37(40-28-14-6-5-13-27(28)39-29)42-31-16-8-4-12-24(31)26-19-25-23-11-3-7-15-30(23)41-32-18-17-21-9-1-2-10-22(21)33(32)34(35(25)41)36(26)42/h1-19,28,40H. The van der Waals surface area contributed by atoms with Crippen molar-refractivity contribution in [3.63, 3.8) is 0 Å². The van der Waals surface area contributed by atoms with Crippen molar-refractivity contribution in [2.24, 2.45) is 4.99 Å². The van der Waals surface area contributed by atoms with Gasteiger partial charge in [-0.2, -0.15) is 5.26 Å². The number of nitriles is 1. The highest BCUT2D eigenvalue weighted by Crippen LogP contribution is 2.48. The van der Waals surface area contributed by atoms with Crippen LogP contribution in [0.15, 0.2) is 126 Å². The Kier molecular flexibility index (Phi) is 3.99. The molecule has 42 heavy (non-hydrogen) atoms. The zero-order chi connectivity index (χ0) is 27.5. The number of fused-ring (bicyclic) bond motifs is 13. The predicted octanol–water partition coefficient (Wildman–Crippen LogP) is 8.29. The van der Waals surface area contributed by atoms with E-state index in [0.717, 1.165) is 27.5 Å². The molecular formula is C37H21N5. The Morgan fingerprint density at radius 1 is 0.690 bits per heavy atom. The molecule has 2 aliphatic rings. The van der Waals surface area contributed by atoms with Crippen molar-refractivity contribution >= 4 is 82.2 Å². The Morgan fingerprint density at radius 2 is 1.43 bits per heavy atom. The van der Waals surface area contributed by atoms with Gasteiger partial charge in [0.15, 0.2) is 5.70 Å². The molecule has 4 heterocycles. The van der Waals surface area contributed by atoms with Crippen LogP contribution in [0.2, 0.25) is 0 Å². The first-order valence-electron chi connectivity index (χ1n) is 14.2. The maximum atomic E-state index is 10.4. The highest BCUT2D eigenvalue weighted by molar-refractivity contribution is 6.37. The molecule has 0 bridgehead atoms. The van der Waals surface area contributed by atoms with Crippen LogP contribution in [0.5, 0.6) is 0 Å². The van der Waals surface area contributed by atoms with Gasteiger partial charge in [-0.25, -0.2) is 4.99 Å². The summed E-state index contributed by atoms with van der Waals surface area (Å²) in [7, 11) is 0. The van der Waals surface area contributed by atoms with Gasteiger partial charge in [-0.05, 0) is 41.1 Å². The van der Waals surface area contributed by atoms with E-state index in [1.807, 2.05) is 18.2 Å². The molecule has 10 rings (SSSR count). The fourth-order valence-electron chi connectivity index (χ4n) is 7.41. The van der Waals surface area contributed by atoms with Crippen LogP contribution in [0.1, 0.15) is 0 Å². The number of para-hydroxylation sites is 2. The molecule has 1 N–H and O–H groups in total. The molecule has 0 fully saturated rings. The molecule has 0 radical (unpaired) electrons. The zero-order valence-electron chi connectivity index (χ0n) is 22.3. The summed E-state index contributed by atoms with van der Waals surface area (Å²) >= 11 is 0. The zero-order valence-corrected chi connectivity index (χ0v) is 22.3. The Bertz CT molecular complexity index is 2670. The van der Waals surface area contributed by atoms with Crippen LogP contribution in [0.3, 0.4) is 0 Å². The first-order valence-corrected chi connectivity index (χ1v) is 14.2. The monoisotopic (exact) mass is 535 g/mol. The minimum atomic E-state index is -0.102. The third-order valence-corrected chi connectivity index (χ3v) is 9.08. The Morgan fingerprint density at radius 3 is 2.29 bits per heavy atom. The van der Waals surface area contributed by atoms with E-state index in [1.54, 1.807) is 0 Å². The summed E-state index contributed by atoms with van der Waals surface area (Å²) < 4.78 is 4.69. The lowest BCUT2D eigenvalue weighted by Crippen LogP contribution is -2.39. The van der Waals surface area contributed by atoms with Gasteiger partial charge in [0, 0.05) is 32.3 Å². The van der Waals surface area contributed by atoms with Crippen LogP contribution in [0.25, 0.3) is 76.5 Å². The van der Waals surface area contributed by atoms with Gasteiger partial charge >= 0.3 is 0 Å². The van der Waals surface area contributed by atoms with Crippen molar-refractivity contribution < 1.29 is 0 Å². The van der Waals surface area contributed by atoms with Gasteiger partial charge in [0.05, 0.1) is 39.3 Å². The smallest absolute Gasteiger partial charge is 0.181 e. The molecule has 1 unspecified atom stereocenters. The molecule has 3 aromatic heterocycles. The van der Waals surface area contributed by atoms with E-state index < -0.39 is 0 Å². The first kappa shape index (κ1) is 21.9. The molecule has 0 amide bonds. The molecule has 5 aromatic carbocycles. The number of aromatic nitrogens is 2. The summed E-state index contributed by atoms with van der Waals surface area (Å²) in [6, 6.07) is 35.0. The second kappa shape index (κ2) is 7.66. The molecule has 0 spiro atoms. The van der Waals surface area contributed by atoms with Gasteiger partial charge in [-0.1, -0.05) is 85.0 Å². The normalized spacial score (nSPS) is 16.8. The number of allylic oxidation sites excluding steroid dienone is 3. The number of nitrogens with zero attached hydrogens (tertiary/aromatic N) is 4. The molecule has 194 valence electrons. The molecular weight excluding hydrogens is 514 g/mol. The van der Waals surface area contributed by atoms with E-state index in [0.29, 0.717) is 11.5 Å². The maximum Gasteiger partial charge on any atom is 0.181 e. The van der Waals surface area contributed by atoms with E-state index in [9.17, 15) is 5.26 Å². The fraction of sp³-hybridized carbons (Fsp3) is 0.0270. The molecule has 1 atom stereocenters. The van der Waals surface area contributed by atoms with Gasteiger partial charge in [0.2, 0.25) is 0 Å². The first-order chi connectivity index (χ1) is 20.8. The quantitative estimate of drug-likeness (QED) is 0.230. The third kappa shape index (κ3) is 2.56. The number of rotatable bonds is 1. The van der Waals surface area contributed by atoms with Gasteiger partial charge in [0.25, 0.3) is 0 Å². The summed E-state index contributed by atoms with van der Waals surface area (Å²) in [5, 5.41) is 23.7. The highest BCUT2D eigenvalue weighted by atomic mass is 15.2. The Labute approximate surface area is 239 Å². The predicted molar refractivity (Wildman–Crippen MR) is 173 cm³/mol. The average Bonchev–Trinajstić information content (AvgIpc) is 3.68. The molecule has 8 aromatic rings. The summed E-state index contributed by atoms with van der Waals surface area (Å²) in [6.45, 7) is 0.